The summed E-state index contributed by atoms with van der Waals surface area (Å²) in [6.45, 7) is 7.22. The Morgan fingerprint density at radius 3 is 2.33 bits per heavy atom. The van der Waals surface area contributed by atoms with E-state index in [1.807, 2.05) is 20.8 Å². The Morgan fingerprint density at radius 2 is 1.89 bits per heavy atom. The minimum absolute atomic E-state index is 0.0782. The molecule has 1 rings (SSSR count). The molecule has 5 heteroatoms. The molecule has 0 aromatic carbocycles. The van der Waals surface area contributed by atoms with Gasteiger partial charge in [0, 0.05) is 32.5 Å². The summed E-state index contributed by atoms with van der Waals surface area (Å²) in [4.78, 5) is 25.2. The number of imide groups is 1. The first kappa shape index (κ1) is 15.1. The van der Waals surface area contributed by atoms with Crippen molar-refractivity contribution in [1.82, 2.24) is 4.90 Å². The maximum atomic E-state index is 11.9. The summed E-state index contributed by atoms with van der Waals surface area (Å²) in [6.07, 6.45) is 1.40. The van der Waals surface area contributed by atoms with Crippen LogP contribution in [-0.4, -0.2) is 42.5 Å². The van der Waals surface area contributed by atoms with Crippen LogP contribution in [0, 0.1) is 5.41 Å². The highest BCUT2D eigenvalue weighted by molar-refractivity contribution is 5.98. The summed E-state index contributed by atoms with van der Waals surface area (Å²) < 4.78 is 5.42. The molecule has 0 spiro atoms. The third kappa shape index (κ3) is 4.07. The monoisotopic (exact) mass is 256 g/mol. The number of carbonyl (C=O) groups is 2. The van der Waals surface area contributed by atoms with Crippen LogP contribution in [0.5, 0.6) is 0 Å². The SMILES string of the molecule is CCOC(CN)CCN1C(=O)CC(C)(C)CC1=O. The largest absolute Gasteiger partial charge is 0.377 e. The van der Waals surface area contributed by atoms with Crippen LogP contribution in [0.4, 0.5) is 0 Å². The van der Waals surface area contributed by atoms with E-state index in [1.54, 1.807) is 0 Å². The second kappa shape index (κ2) is 6.29. The fourth-order valence-electron chi connectivity index (χ4n) is 2.24. The van der Waals surface area contributed by atoms with Crippen molar-refractivity contribution in [2.45, 2.75) is 46.1 Å². The van der Waals surface area contributed by atoms with Crippen molar-refractivity contribution < 1.29 is 14.3 Å². The molecule has 1 saturated heterocycles. The molecule has 2 amide bonds. The molecule has 1 aliphatic heterocycles. The Kier molecular flexibility index (Phi) is 5.28. The van der Waals surface area contributed by atoms with Gasteiger partial charge in [-0.1, -0.05) is 13.8 Å². The minimum atomic E-state index is -0.210. The van der Waals surface area contributed by atoms with Gasteiger partial charge in [0.2, 0.25) is 11.8 Å². The fourth-order valence-corrected chi connectivity index (χ4v) is 2.24. The van der Waals surface area contributed by atoms with Crippen LogP contribution in [0.2, 0.25) is 0 Å². The lowest BCUT2D eigenvalue weighted by molar-refractivity contribution is -0.152. The molecular weight excluding hydrogens is 232 g/mol. The van der Waals surface area contributed by atoms with E-state index in [4.69, 9.17) is 10.5 Å². The number of hydrogen-bond donors (Lipinski definition) is 1. The summed E-state index contributed by atoms with van der Waals surface area (Å²) >= 11 is 0. The number of carbonyl (C=O) groups excluding carboxylic acids is 2. The van der Waals surface area contributed by atoms with Crippen molar-refractivity contribution in [3.05, 3.63) is 0 Å². The van der Waals surface area contributed by atoms with Crippen LogP contribution >= 0.6 is 0 Å². The first-order valence-corrected chi connectivity index (χ1v) is 6.54. The van der Waals surface area contributed by atoms with E-state index in [1.165, 1.54) is 4.90 Å². The van der Waals surface area contributed by atoms with Crippen LogP contribution in [0.15, 0.2) is 0 Å². The predicted molar refractivity (Wildman–Crippen MR) is 68.8 cm³/mol. The third-order valence-electron chi connectivity index (χ3n) is 3.20. The first-order valence-electron chi connectivity index (χ1n) is 6.54. The van der Waals surface area contributed by atoms with Gasteiger partial charge < -0.3 is 10.5 Å². The van der Waals surface area contributed by atoms with Gasteiger partial charge in [0.25, 0.3) is 0 Å². The van der Waals surface area contributed by atoms with Crippen LogP contribution in [0.25, 0.3) is 0 Å². The predicted octanol–water partition coefficient (Wildman–Crippen LogP) is 0.915. The van der Waals surface area contributed by atoms with Crippen LogP contribution in [0.1, 0.15) is 40.0 Å². The molecule has 0 saturated carbocycles. The molecule has 2 N–H and O–H groups in total. The summed E-state index contributed by atoms with van der Waals surface area (Å²) in [5.74, 6) is -0.160. The average molecular weight is 256 g/mol. The van der Waals surface area contributed by atoms with Crippen molar-refractivity contribution in [3.63, 3.8) is 0 Å². The van der Waals surface area contributed by atoms with E-state index in [0.29, 0.717) is 39.0 Å². The Labute approximate surface area is 109 Å². The minimum Gasteiger partial charge on any atom is -0.377 e. The molecule has 0 radical (unpaired) electrons. The second-order valence-corrected chi connectivity index (χ2v) is 5.56. The maximum Gasteiger partial charge on any atom is 0.229 e. The Bertz CT molecular complexity index is 295. The molecule has 0 bridgehead atoms. The zero-order valence-corrected chi connectivity index (χ0v) is 11.6. The van der Waals surface area contributed by atoms with E-state index < -0.39 is 0 Å². The van der Waals surface area contributed by atoms with Gasteiger partial charge in [0.05, 0.1) is 6.10 Å². The van der Waals surface area contributed by atoms with Gasteiger partial charge >= 0.3 is 0 Å². The van der Waals surface area contributed by atoms with Crippen molar-refractivity contribution in [2.75, 3.05) is 19.7 Å². The molecule has 5 nitrogen and oxygen atoms in total. The van der Waals surface area contributed by atoms with Crippen molar-refractivity contribution in [2.24, 2.45) is 11.1 Å². The topological polar surface area (TPSA) is 72.6 Å². The zero-order valence-electron chi connectivity index (χ0n) is 11.6. The highest BCUT2D eigenvalue weighted by Gasteiger charge is 2.37. The number of hydrogen-bond acceptors (Lipinski definition) is 4. The number of ether oxygens (including phenoxy) is 1. The second-order valence-electron chi connectivity index (χ2n) is 5.56. The van der Waals surface area contributed by atoms with Crippen molar-refractivity contribution in [1.29, 1.82) is 0 Å². The van der Waals surface area contributed by atoms with E-state index >= 15 is 0 Å². The number of piperidine rings is 1. The van der Waals surface area contributed by atoms with Crippen LogP contribution in [0.3, 0.4) is 0 Å². The maximum absolute atomic E-state index is 11.9. The number of rotatable bonds is 6. The van der Waals surface area contributed by atoms with Crippen LogP contribution in [-0.2, 0) is 14.3 Å². The van der Waals surface area contributed by atoms with Crippen LogP contribution < -0.4 is 5.73 Å². The molecule has 1 aliphatic rings. The van der Waals surface area contributed by atoms with E-state index in [-0.39, 0.29) is 23.3 Å². The molecular formula is C13H24N2O3. The Balaban J connectivity index is 2.52. The summed E-state index contributed by atoms with van der Waals surface area (Å²) in [5.41, 5.74) is 5.36. The van der Waals surface area contributed by atoms with Gasteiger partial charge in [-0.3, -0.25) is 14.5 Å². The number of nitrogens with zero attached hydrogens (tertiary/aromatic N) is 1. The highest BCUT2D eigenvalue weighted by Crippen LogP contribution is 2.31. The normalized spacial score (nSPS) is 21.2. The summed E-state index contributed by atoms with van der Waals surface area (Å²) in [5, 5.41) is 0. The number of nitrogens with two attached hydrogens (primary N) is 1. The van der Waals surface area contributed by atoms with Gasteiger partial charge in [-0.2, -0.15) is 0 Å². The zero-order chi connectivity index (χ0) is 13.8. The lowest BCUT2D eigenvalue weighted by atomic mass is 9.81. The highest BCUT2D eigenvalue weighted by atomic mass is 16.5. The summed E-state index contributed by atoms with van der Waals surface area (Å²) in [7, 11) is 0. The standard InChI is InChI=1S/C13H24N2O3/c1-4-18-10(9-14)5-6-15-11(16)7-13(2,3)8-12(15)17/h10H,4-9,14H2,1-3H3. The average Bonchev–Trinajstić information content (AvgIpc) is 2.24. The fraction of sp³-hybridized carbons (Fsp3) is 0.846. The lowest BCUT2D eigenvalue weighted by Crippen LogP contribution is -2.47. The molecule has 0 aromatic rings. The van der Waals surface area contributed by atoms with Crippen molar-refractivity contribution in [3.8, 4) is 0 Å². The molecule has 1 atom stereocenters. The molecule has 104 valence electrons. The molecule has 1 heterocycles. The number of likely N-dealkylation sites (tertiary alicyclic amines) is 1. The lowest BCUT2D eigenvalue weighted by Gasteiger charge is -2.35. The Morgan fingerprint density at radius 1 is 1.33 bits per heavy atom. The quantitative estimate of drug-likeness (QED) is 0.717. The van der Waals surface area contributed by atoms with Gasteiger partial charge in [-0.05, 0) is 18.8 Å². The molecule has 1 fully saturated rings. The molecule has 0 aromatic heterocycles. The van der Waals surface area contributed by atoms with Gasteiger partial charge in [-0.25, -0.2) is 0 Å². The Hall–Kier alpha value is -0.940. The van der Waals surface area contributed by atoms with Crippen molar-refractivity contribution >= 4 is 11.8 Å². The van der Waals surface area contributed by atoms with Gasteiger partial charge in [0.1, 0.15) is 0 Å². The van der Waals surface area contributed by atoms with E-state index in [2.05, 4.69) is 0 Å². The summed E-state index contributed by atoms with van der Waals surface area (Å²) in [6, 6.07) is 0. The first-order chi connectivity index (χ1) is 8.39. The van der Waals surface area contributed by atoms with E-state index in [0.717, 1.165) is 0 Å². The smallest absolute Gasteiger partial charge is 0.229 e. The van der Waals surface area contributed by atoms with E-state index in [9.17, 15) is 9.59 Å². The molecule has 0 aliphatic carbocycles. The number of amides is 2. The van der Waals surface area contributed by atoms with Gasteiger partial charge in [0.15, 0.2) is 0 Å². The molecule has 1 unspecified atom stereocenters. The van der Waals surface area contributed by atoms with Gasteiger partial charge in [-0.15, -0.1) is 0 Å². The molecule has 18 heavy (non-hydrogen) atoms. The third-order valence-corrected chi connectivity index (χ3v) is 3.20.